The maximum absolute atomic E-state index is 12.4. The van der Waals surface area contributed by atoms with E-state index in [1.807, 2.05) is 4.90 Å². The number of rotatable bonds is 4. The third kappa shape index (κ3) is 4.07. The van der Waals surface area contributed by atoms with Crippen LogP contribution in [0.5, 0.6) is 0 Å². The van der Waals surface area contributed by atoms with Gasteiger partial charge in [-0.3, -0.25) is 14.9 Å². The van der Waals surface area contributed by atoms with Crippen molar-refractivity contribution in [3.8, 4) is 0 Å². The van der Waals surface area contributed by atoms with Gasteiger partial charge in [0.2, 0.25) is 0 Å². The minimum absolute atomic E-state index is 0.0538. The lowest BCUT2D eigenvalue weighted by Gasteiger charge is -2.29. The molecule has 1 fully saturated rings. The Balaban J connectivity index is 1.86. The van der Waals surface area contributed by atoms with Crippen LogP contribution in [-0.2, 0) is 0 Å². The highest BCUT2D eigenvalue weighted by Gasteiger charge is 2.22. The summed E-state index contributed by atoms with van der Waals surface area (Å²) in [6.45, 7) is 2.90. The van der Waals surface area contributed by atoms with E-state index < -0.39 is 10.8 Å². The van der Waals surface area contributed by atoms with Gasteiger partial charge in [0.15, 0.2) is 0 Å². The van der Waals surface area contributed by atoms with Gasteiger partial charge < -0.3 is 15.5 Å². The summed E-state index contributed by atoms with van der Waals surface area (Å²) in [5.74, 6) is -0.485. The van der Waals surface area contributed by atoms with Crippen LogP contribution in [0.25, 0.3) is 0 Å². The molecule has 0 aliphatic carbocycles. The molecular formula is C17H16Cl2N4O3. The predicted molar refractivity (Wildman–Crippen MR) is 103 cm³/mol. The van der Waals surface area contributed by atoms with Crippen molar-refractivity contribution in [1.29, 1.82) is 0 Å². The van der Waals surface area contributed by atoms with Crippen LogP contribution in [0.1, 0.15) is 10.4 Å². The van der Waals surface area contributed by atoms with E-state index in [9.17, 15) is 14.9 Å². The fraction of sp³-hybridized carbons (Fsp3) is 0.235. The SMILES string of the molecule is O=C(Nc1ccc(N2CCNCC2)c([N+](=O)[O-])c1)c1cc(Cl)ccc1Cl. The van der Waals surface area contributed by atoms with Crippen molar-refractivity contribution in [1.82, 2.24) is 5.32 Å². The number of piperazine rings is 1. The molecule has 136 valence electrons. The molecule has 0 atom stereocenters. The van der Waals surface area contributed by atoms with Crippen molar-refractivity contribution in [3.05, 3.63) is 62.1 Å². The molecule has 0 unspecified atom stereocenters. The summed E-state index contributed by atoms with van der Waals surface area (Å²) in [4.78, 5) is 25.4. The summed E-state index contributed by atoms with van der Waals surface area (Å²) < 4.78 is 0. The molecule has 1 saturated heterocycles. The van der Waals surface area contributed by atoms with Gasteiger partial charge in [-0.2, -0.15) is 0 Å². The molecule has 1 heterocycles. The van der Waals surface area contributed by atoms with E-state index in [1.54, 1.807) is 18.2 Å². The third-order valence-corrected chi connectivity index (χ3v) is 4.63. The number of nitro groups is 1. The topological polar surface area (TPSA) is 87.5 Å². The Morgan fingerprint density at radius 3 is 2.58 bits per heavy atom. The first-order valence-electron chi connectivity index (χ1n) is 7.96. The highest BCUT2D eigenvalue weighted by Crippen LogP contribution is 2.32. The van der Waals surface area contributed by atoms with Gasteiger partial charge in [0, 0.05) is 43.0 Å². The Morgan fingerprint density at radius 2 is 1.88 bits per heavy atom. The maximum atomic E-state index is 12.4. The normalized spacial score (nSPS) is 14.2. The summed E-state index contributed by atoms with van der Waals surface area (Å²) in [6.07, 6.45) is 0. The van der Waals surface area contributed by atoms with Crippen LogP contribution in [0.15, 0.2) is 36.4 Å². The first-order chi connectivity index (χ1) is 12.5. The van der Waals surface area contributed by atoms with E-state index in [2.05, 4.69) is 10.6 Å². The molecule has 3 rings (SSSR count). The zero-order chi connectivity index (χ0) is 18.7. The molecule has 7 nitrogen and oxygen atoms in total. The Bertz CT molecular complexity index is 854. The maximum Gasteiger partial charge on any atom is 0.294 e. The molecule has 2 aromatic rings. The first-order valence-corrected chi connectivity index (χ1v) is 8.72. The Morgan fingerprint density at radius 1 is 1.15 bits per heavy atom. The number of nitrogens with zero attached hydrogens (tertiary/aromatic N) is 2. The van der Waals surface area contributed by atoms with E-state index in [1.165, 1.54) is 18.2 Å². The standard InChI is InChI=1S/C17H16Cl2N4O3/c18-11-1-3-14(19)13(9-11)17(24)21-12-2-4-15(16(10-12)23(25)26)22-7-5-20-6-8-22/h1-4,9-10,20H,5-8H2,(H,21,24). The van der Waals surface area contributed by atoms with E-state index in [0.717, 1.165) is 13.1 Å². The molecule has 2 N–H and O–H groups in total. The number of hydrogen-bond donors (Lipinski definition) is 2. The van der Waals surface area contributed by atoms with E-state index >= 15 is 0 Å². The van der Waals surface area contributed by atoms with Crippen molar-refractivity contribution in [2.24, 2.45) is 0 Å². The molecule has 26 heavy (non-hydrogen) atoms. The minimum atomic E-state index is -0.485. The van der Waals surface area contributed by atoms with Gasteiger partial charge >= 0.3 is 0 Å². The molecule has 0 bridgehead atoms. The molecule has 0 radical (unpaired) electrons. The number of carbonyl (C=O) groups excluding carboxylic acids is 1. The lowest BCUT2D eigenvalue weighted by molar-refractivity contribution is -0.384. The summed E-state index contributed by atoms with van der Waals surface area (Å²) in [5, 5.41) is 17.9. The first kappa shape index (κ1) is 18.4. The number of halogens is 2. The molecule has 0 saturated carbocycles. The van der Waals surface area contributed by atoms with Gasteiger partial charge in [-0.1, -0.05) is 23.2 Å². The third-order valence-electron chi connectivity index (χ3n) is 4.06. The summed E-state index contributed by atoms with van der Waals surface area (Å²) in [7, 11) is 0. The zero-order valence-electron chi connectivity index (χ0n) is 13.7. The minimum Gasteiger partial charge on any atom is -0.363 e. The number of anilines is 2. The molecule has 0 spiro atoms. The quantitative estimate of drug-likeness (QED) is 0.611. The van der Waals surface area contributed by atoms with Gasteiger partial charge in [-0.15, -0.1) is 0 Å². The number of hydrogen-bond acceptors (Lipinski definition) is 5. The van der Waals surface area contributed by atoms with Crippen molar-refractivity contribution < 1.29 is 9.72 Å². The number of carbonyl (C=O) groups is 1. The van der Waals surface area contributed by atoms with Crippen LogP contribution in [-0.4, -0.2) is 37.0 Å². The van der Waals surface area contributed by atoms with Crippen molar-refractivity contribution in [2.45, 2.75) is 0 Å². The smallest absolute Gasteiger partial charge is 0.294 e. The van der Waals surface area contributed by atoms with Crippen LogP contribution in [0.2, 0.25) is 10.0 Å². The molecule has 0 aromatic heterocycles. The Kier molecular flexibility index (Phi) is 5.61. The molecule has 1 aliphatic heterocycles. The van der Waals surface area contributed by atoms with Crippen LogP contribution in [0.3, 0.4) is 0 Å². The molecule has 2 aromatic carbocycles. The van der Waals surface area contributed by atoms with Gasteiger partial charge in [-0.05, 0) is 30.3 Å². The summed E-state index contributed by atoms with van der Waals surface area (Å²) in [6, 6.07) is 9.19. The van der Waals surface area contributed by atoms with Crippen LogP contribution in [0.4, 0.5) is 17.1 Å². The van der Waals surface area contributed by atoms with Crippen LogP contribution in [0, 0.1) is 10.1 Å². The second-order valence-corrected chi connectivity index (χ2v) is 6.62. The highest BCUT2D eigenvalue weighted by molar-refractivity contribution is 6.36. The van der Waals surface area contributed by atoms with E-state index in [0.29, 0.717) is 29.5 Å². The monoisotopic (exact) mass is 394 g/mol. The predicted octanol–water partition coefficient (Wildman–Crippen LogP) is 3.56. The number of benzene rings is 2. The fourth-order valence-corrected chi connectivity index (χ4v) is 3.17. The van der Waals surface area contributed by atoms with E-state index in [4.69, 9.17) is 23.2 Å². The van der Waals surface area contributed by atoms with Crippen LogP contribution >= 0.6 is 23.2 Å². The van der Waals surface area contributed by atoms with E-state index in [-0.39, 0.29) is 16.3 Å². The largest absolute Gasteiger partial charge is 0.363 e. The number of nitrogens with one attached hydrogen (secondary N) is 2. The fourth-order valence-electron chi connectivity index (χ4n) is 2.79. The second-order valence-electron chi connectivity index (χ2n) is 5.78. The molecule has 1 aliphatic rings. The van der Waals surface area contributed by atoms with Gasteiger partial charge in [-0.25, -0.2) is 0 Å². The van der Waals surface area contributed by atoms with Crippen LogP contribution < -0.4 is 15.5 Å². The Hall–Kier alpha value is -2.35. The van der Waals surface area contributed by atoms with Gasteiger partial charge in [0.25, 0.3) is 11.6 Å². The Labute approximate surface area is 160 Å². The molecule has 9 heteroatoms. The number of nitro benzene ring substituents is 1. The van der Waals surface area contributed by atoms with Crippen molar-refractivity contribution in [2.75, 3.05) is 36.4 Å². The highest BCUT2D eigenvalue weighted by atomic mass is 35.5. The molecule has 1 amide bonds. The molecular weight excluding hydrogens is 379 g/mol. The average molecular weight is 395 g/mol. The number of amides is 1. The lowest BCUT2D eigenvalue weighted by atomic mass is 10.1. The van der Waals surface area contributed by atoms with Gasteiger partial charge in [0.1, 0.15) is 5.69 Å². The summed E-state index contributed by atoms with van der Waals surface area (Å²) in [5.41, 5.74) is 1.00. The van der Waals surface area contributed by atoms with Crippen molar-refractivity contribution in [3.63, 3.8) is 0 Å². The zero-order valence-corrected chi connectivity index (χ0v) is 15.2. The van der Waals surface area contributed by atoms with Crippen molar-refractivity contribution >= 4 is 46.2 Å². The lowest BCUT2D eigenvalue weighted by Crippen LogP contribution is -2.43. The van der Waals surface area contributed by atoms with Gasteiger partial charge in [0.05, 0.1) is 15.5 Å². The average Bonchev–Trinajstić information content (AvgIpc) is 2.64. The second kappa shape index (κ2) is 7.90. The summed E-state index contributed by atoms with van der Waals surface area (Å²) >= 11 is 11.9.